The highest BCUT2D eigenvalue weighted by molar-refractivity contribution is 6.55. The van der Waals surface area contributed by atoms with Gasteiger partial charge >= 0.3 is 0 Å². The molecule has 0 bridgehead atoms. The van der Waals surface area contributed by atoms with Crippen molar-refractivity contribution in [3.05, 3.63) is 0 Å². The molecule has 0 radical (unpaired) electrons. The highest BCUT2D eigenvalue weighted by atomic mass is 14.9. The predicted molar refractivity (Wildman–Crippen MR) is 54.6 cm³/mol. The molecule has 11 heavy (non-hydrogen) atoms. The van der Waals surface area contributed by atoms with Crippen molar-refractivity contribution >= 4 is 6.71 Å². The smallest absolute Gasteiger partial charge is 0.133 e. The fourth-order valence-electron chi connectivity index (χ4n) is 1.13. The molecular weight excluding hydrogens is 133 g/mol. The maximum atomic E-state index is 3.29. The van der Waals surface area contributed by atoms with Crippen LogP contribution in [0.3, 0.4) is 0 Å². The van der Waals surface area contributed by atoms with Crippen LogP contribution in [0.2, 0.25) is 20.0 Å². The zero-order valence-electron chi connectivity index (χ0n) is 8.65. The van der Waals surface area contributed by atoms with Crippen LogP contribution in [0.15, 0.2) is 0 Å². The first-order chi connectivity index (χ1) is 5.07. The van der Waals surface area contributed by atoms with Crippen LogP contribution >= 0.6 is 0 Å². The van der Waals surface area contributed by atoms with E-state index in [9.17, 15) is 0 Å². The monoisotopic (exact) mass is 155 g/mol. The van der Waals surface area contributed by atoms with Gasteiger partial charge in [-0.1, -0.05) is 33.3 Å². The van der Waals surface area contributed by atoms with Gasteiger partial charge < -0.3 is 5.32 Å². The van der Waals surface area contributed by atoms with Crippen LogP contribution in [0.25, 0.3) is 0 Å². The van der Waals surface area contributed by atoms with Gasteiger partial charge in [0.25, 0.3) is 0 Å². The van der Waals surface area contributed by atoms with E-state index < -0.39 is 0 Å². The molecule has 0 fully saturated rings. The van der Waals surface area contributed by atoms with Crippen molar-refractivity contribution < 1.29 is 0 Å². The summed E-state index contributed by atoms with van der Waals surface area (Å²) in [6, 6.07) is 0.661. The fourth-order valence-corrected chi connectivity index (χ4v) is 1.13. The van der Waals surface area contributed by atoms with E-state index >= 15 is 0 Å². The second-order valence-electron chi connectivity index (χ2n) is 4.03. The Labute approximate surface area is 72.0 Å². The average Bonchev–Trinajstić information content (AvgIpc) is 1.98. The molecule has 1 nitrogen and oxygen atoms in total. The zero-order valence-corrected chi connectivity index (χ0v) is 8.65. The Morgan fingerprint density at radius 3 is 2.18 bits per heavy atom. The lowest BCUT2D eigenvalue weighted by Crippen LogP contribution is -2.29. The van der Waals surface area contributed by atoms with Crippen LogP contribution in [0.4, 0.5) is 0 Å². The number of nitrogens with one attached hydrogen (secondary N) is 1. The van der Waals surface area contributed by atoms with Gasteiger partial charge in [-0.25, -0.2) is 0 Å². The van der Waals surface area contributed by atoms with E-state index in [1.807, 2.05) is 7.05 Å². The Morgan fingerprint density at radius 1 is 1.27 bits per heavy atom. The van der Waals surface area contributed by atoms with Crippen molar-refractivity contribution in [2.45, 2.75) is 46.3 Å². The van der Waals surface area contributed by atoms with E-state index in [2.05, 4.69) is 32.8 Å². The molecule has 0 rings (SSSR count). The minimum absolute atomic E-state index is 0.661. The van der Waals surface area contributed by atoms with Gasteiger partial charge in [-0.05, 0) is 19.9 Å². The summed E-state index contributed by atoms with van der Waals surface area (Å²) in [5.74, 6) is 0.808. The Kier molecular flexibility index (Phi) is 5.66. The molecule has 1 N–H and O–H groups in total. The van der Waals surface area contributed by atoms with E-state index in [-0.39, 0.29) is 0 Å². The van der Waals surface area contributed by atoms with Crippen molar-refractivity contribution in [1.82, 2.24) is 5.32 Å². The molecule has 66 valence electrons. The van der Waals surface area contributed by atoms with Crippen molar-refractivity contribution in [1.29, 1.82) is 0 Å². The van der Waals surface area contributed by atoms with Crippen LogP contribution in [-0.2, 0) is 0 Å². The third-order valence-corrected chi connectivity index (χ3v) is 2.51. The third-order valence-electron chi connectivity index (χ3n) is 2.51. The first kappa shape index (κ1) is 11.0. The number of hydrogen-bond donors (Lipinski definition) is 1. The summed E-state index contributed by atoms with van der Waals surface area (Å²) in [6.45, 7) is 10.0. The first-order valence-electron chi connectivity index (χ1n) is 4.75. The van der Waals surface area contributed by atoms with E-state index in [0.717, 1.165) is 12.6 Å². The Bertz CT molecular complexity index is 93.6. The maximum absolute atomic E-state index is 3.29. The zero-order chi connectivity index (χ0) is 8.85. The molecule has 2 atom stereocenters. The minimum atomic E-state index is 0.661. The van der Waals surface area contributed by atoms with Crippen LogP contribution in [0, 0.1) is 5.92 Å². The van der Waals surface area contributed by atoms with Gasteiger partial charge in [0, 0.05) is 6.04 Å². The van der Waals surface area contributed by atoms with Gasteiger partial charge in [-0.2, -0.15) is 0 Å². The topological polar surface area (TPSA) is 12.0 Å². The second-order valence-corrected chi connectivity index (χ2v) is 4.03. The highest BCUT2D eigenvalue weighted by Crippen LogP contribution is 2.12. The minimum Gasteiger partial charge on any atom is -0.317 e. The molecule has 0 spiro atoms. The van der Waals surface area contributed by atoms with E-state index in [1.54, 1.807) is 0 Å². The normalized spacial score (nSPS) is 16.1. The molecule has 0 heterocycles. The van der Waals surface area contributed by atoms with E-state index in [0.29, 0.717) is 6.04 Å². The quantitative estimate of drug-likeness (QED) is 0.601. The lowest BCUT2D eigenvalue weighted by atomic mass is 9.51. The van der Waals surface area contributed by atoms with Gasteiger partial charge in [0.1, 0.15) is 6.71 Å². The molecule has 0 saturated carbocycles. The number of hydrogen-bond acceptors (Lipinski definition) is 1. The number of rotatable bonds is 5. The molecule has 0 aromatic carbocycles. The maximum Gasteiger partial charge on any atom is 0.133 e. The molecule has 2 heteroatoms. The molecule has 2 unspecified atom stereocenters. The van der Waals surface area contributed by atoms with Crippen molar-refractivity contribution in [2.75, 3.05) is 7.05 Å². The Balaban J connectivity index is 3.43. The predicted octanol–water partition coefficient (Wildman–Crippen LogP) is 2.37. The Morgan fingerprint density at radius 2 is 1.82 bits per heavy atom. The SMILES string of the molecule is CNC(C)C(C)CCB(C)C. The van der Waals surface area contributed by atoms with Crippen LogP contribution in [-0.4, -0.2) is 19.8 Å². The van der Waals surface area contributed by atoms with Gasteiger partial charge in [0.15, 0.2) is 0 Å². The molecule has 0 amide bonds. The van der Waals surface area contributed by atoms with Crippen molar-refractivity contribution in [3.8, 4) is 0 Å². The lowest BCUT2D eigenvalue weighted by Gasteiger charge is -2.19. The summed E-state index contributed by atoms with van der Waals surface area (Å²) in [4.78, 5) is 0. The van der Waals surface area contributed by atoms with Gasteiger partial charge in [0.2, 0.25) is 0 Å². The molecule has 0 aromatic rings. The summed E-state index contributed by atoms with van der Waals surface area (Å²) in [7, 11) is 2.04. The Hall–Kier alpha value is 0.0249. The summed E-state index contributed by atoms with van der Waals surface area (Å²) in [5, 5.41) is 3.29. The van der Waals surface area contributed by atoms with Crippen LogP contribution in [0.5, 0.6) is 0 Å². The van der Waals surface area contributed by atoms with Gasteiger partial charge in [-0.3, -0.25) is 0 Å². The third kappa shape index (κ3) is 5.31. The molecule has 0 aliphatic rings. The summed E-state index contributed by atoms with van der Waals surface area (Å²) in [6.07, 6.45) is 2.70. The summed E-state index contributed by atoms with van der Waals surface area (Å²) < 4.78 is 0. The first-order valence-corrected chi connectivity index (χ1v) is 4.75. The summed E-state index contributed by atoms with van der Waals surface area (Å²) in [5.41, 5.74) is 0. The van der Waals surface area contributed by atoms with Gasteiger partial charge in [-0.15, -0.1) is 0 Å². The molecule has 0 saturated heterocycles. The van der Waals surface area contributed by atoms with Gasteiger partial charge in [0.05, 0.1) is 0 Å². The fraction of sp³-hybridized carbons (Fsp3) is 1.00. The van der Waals surface area contributed by atoms with Crippen LogP contribution < -0.4 is 5.32 Å². The molecule has 0 aliphatic carbocycles. The summed E-state index contributed by atoms with van der Waals surface area (Å²) >= 11 is 0. The average molecular weight is 155 g/mol. The molecule has 0 aromatic heterocycles. The van der Waals surface area contributed by atoms with E-state index in [1.165, 1.54) is 12.7 Å². The lowest BCUT2D eigenvalue weighted by molar-refractivity contribution is 0.414. The second kappa shape index (κ2) is 5.65. The van der Waals surface area contributed by atoms with Crippen molar-refractivity contribution in [3.63, 3.8) is 0 Å². The van der Waals surface area contributed by atoms with Crippen molar-refractivity contribution in [2.24, 2.45) is 5.92 Å². The largest absolute Gasteiger partial charge is 0.317 e. The highest BCUT2D eigenvalue weighted by Gasteiger charge is 2.10. The molecular formula is C9H22BN. The standard InChI is InChI=1S/C9H22BN/c1-8(9(2)11-5)6-7-10(3)4/h8-9,11H,6-7H2,1-5H3. The molecule has 0 aliphatic heterocycles. The van der Waals surface area contributed by atoms with E-state index in [4.69, 9.17) is 0 Å². The van der Waals surface area contributed by atoms with Crippen LogP contribution in [0.1, 0.15) is 20.3 Å².